The molecule has 6 heteroatoms. The minimum atomic E-state index is -0.985. The zero-order valence-corrected chi connectivity index (χ0v) is 31.5. The van der Waals surface area contributed by atoms with Crippen molar-refractivity contribution in [2.24, 2.45) is 5.92 Å². The molecule has 6 nitrogen and oxygen atoms in total. The highest BCUT2D eigenvalue weighted by atomic mass is 16.6. The lowest BCUT2D eigenvalue weighted by molar-refractivity contribution is -0.152. The summed E-state index contributed by atoms with van der Waals surface area (Å²) in [5.74, 6) is 0.237. The standard InChI is InChI=1S/C42H76O6/c1-4-5-26-32-39(43)33-28-23-19-15-13-17-21-25-30-35-42(46)48-37-40(44)36-47-41(45)34-29-24-20-16-12-10-8-6-7-9-11-14-18-22-27-31-38(2)3/h5,19,23,26,28,33,38-40,43-44H,4,6-18,20-22,24-25,27,29-32,34-37H2,1-3H3/b23-19+,26-5+,33-28+/t39?,40-/m0/s1. The lowest BCUT2D eigenvalue weighted by Crippen LogP contribution is -2.25. The van der Waals surface area contributed by atoms with Gasteiger partial charge in [0, 0.05) is 12.8 Å². The first kappa shape index (κ1) is 46.1. The van der Waals surface area contributed by atoms with Crippen molar-refractivity contribution in [3.8, 4) is 0 Å². The van der Waals surface area contributed by atoms with E-state index in [-0.39, 0.29) is 25.2 Å². The van der Waals surface area contributed by atoms with Crippen molar-refractivity contribution in [2.75, 3.05) is 13.2 Å². The van der Waals surface area contributed by atoms with Gasteiger partial charge in [-0.15, -0.1) is 0 Å². The Bertz CT molecular complexity index is 802. The zero-order chi connectivity index (χ0) is 35.3. The Hall–Kier alpha value is -1.92. The van der Waals surface area contributed by atoms with E-state index in [0.717, 1.165) is 70.1 Å². The molecule has 0 spiro atoms. The summed E-state index contributed by atoms with van der Waals surface area (Å²) in [4.78, 5) is 23.9. The van der Waals surface area contributed by atoms with Crippen molar-refractivity contribution in [2.45, 2.75) is 200 Å². The molecule has 48 heavy (non-hydrogen) atoms. The van der Waals surface area contributed by atoms with Crippen molar-refractivity contribution < 1.29 is 29.3 Å². The van der Waals surface area contributed by atoms with Gasteiger partial charge in [0.05, 0.1) is 6.10 Å². The molecule has 280 valence electrons. The number of esters is 2. The summed E-state index contributed by atoms with van der Waals surface area (Å²) in [6.07, 6.45) is 39.6. The maximum absolute atomic E-state index is 12.0. The maximum atomic E-state index is 12.0. The van der Waals surface area contributed by atoms with E-state index >= 15 is 0 Å². The Morgan fingerprint density at radius 2 is 1.00 bits per heavy atom. The molecule has 0 bridgehead atoms. The van der Waals surface area contributed by atoms with E-state index in [1.165, 1.54) is 83.5 Å². The highest BCUT2D eigenvalue weighted by molar-refractivity contribution is 5.69. The van der Waals surface area contributed by atoms with Gasteiger partial charge in [-0.2, -0.15) is 0 Å². The first-order chi connectivity index (χ1) is 23.3. The van der Waals surface area contributed by atoms with Crippen molar-refractivity contribution in [1.82, 2.24) is 0 Å². The summed E-state index contributed by atoms with van der Waals surface area (Å²) in [5, 5.41) is 19.8. The highest BCUT2D eigenvalue weighted by Crippen LogP contribution is 2.15. The van der Waals surface area contributed by atoms with Gasteiger partial charge in [0.25, 0.3) is 0 Å². The lowest BCUT2D eigenvalue weighted by Gasteiger charge is -2.12. The Morgan fingerprint density at radius 1 is 0.562 bits per heavy atom. The van der Waals surface area contributed by atoms with Gasteiger partial charge in [0.2, 0.25) is 0 Å². The summed E-state index contributed by atoms with van der Waals surface area (Å²) in [6, 6.07) is 0. The molecule has 0 heterocycles. The highest BCUT2D eigenvalue weighted by Gasteiger charge is 2.12. The summed E-state index contributed by atoms with van der Waals surface area (Å²) in [7, 11) is 0. The van der Waals surface area contributed by atoms with Gasteiger partial charge >= 0.3 is 11.9 Å². The van der Waals surface area contributed by atoms with Crippen LogP contribution in [-0.4, -0.2) is 47.6 Å². The first-order valence-corrected chi connectivity index (χ1v) is 20.0. The fourth-order valence-electron chi connectivity index (χ4n) is 5.60. The molecule has 0 aromatic carbocycles. The number of hydrogen-bond acceptors (Lipinski definition) is 6. The Balaban J connectivity index is 3.48. The SMILES string of the molecule is CC/C=C/CC(O)/C=C/C=C/CCCCCCCC(=O)OC[C@@H](O)COC(=O)CCCCCCCCCCCCCCCCCC(C)C. The second kappa shape index (κ2) is 36.4. The topological polar surface area (TPSA) is 93.1 Å². The van der Waals surface area contributed by atoms with Crippen LogP contribution in [0.5, 0.6) is 0 Å². The lowest BCUT2D eigenvalue weighted by atomic mass is 10.0. The average molecular weight is 677 g/mol. The van der Waals surface area contributed by atoms with Crippen LogP contribution in [0, 0.1) is 5.92 Å². The molecular weight excluding hydrogens is 600 g/mol. The van der Waals surface area contributed by atoms with Crippen LogP contribution in [0.1, 0.15) is 188 Å². The van der Waals surface area contributed by atoms with Crippen LogP contribution in [0.3, 0.4) is 0 Å². The molecule has 0 amide bonds. The Kier molecular flexibility index (Phi) is 34.9. The zero-order valence-electron chi connectivity index (χ0n) is 31.5. The average Bonchev–Trinajstić information content (AvgIpc) is 3.06. The van der Waals surface area contributed by atoms with Crippen LogP contribution in [0.25, 0.3) is 0 Å². The van der Waals surface area contributed by atoms with Gasteiger partial charge in [0.1, 0.15) is 19.3 Å². The maximum Gasteiger partial charge on any atom is 0.305 e. The quantitative estimate of drug-likeness (QED) is 0.0300. The smallest absolute Gasteiger partial charge is 0.305 e. The molecule has 0 saturated carbocycles. The van der Waals surface area contributed by atoms with Crippen molar-refractivity contribution in [1.29, 1.82) is 0 Å². The summed E-state index contributed by atoms with van der Waals surface area (Å²) in [6.45, 7) is 6.43. The molecule has 0 aliphatic rings. The minimum Gasteiger partial charge on any atom is -0.463 e. The van der Waals surface area contributed by atoms with E-state index in [2.05, 4.69) is 32.9 Å². The molecule has 0 rings (SSSR count). The van der Waals surface area contributed by atoms with Gasteiger partial charge in [-0.1, -0.05) is 173 Å². The van der Waals surface area contributed by atoms with Gasteiger partial charge in [-0.3, -0.25) is 9.59 Å². The molecule has 0 saturated heterocycles. The number of aliphatic hydroxyl groups is 2. The summed E-state index contributed by atoms with van der Waals surface area (Å²) >= 11 is 0. The largest absolute Gasteiger partial charge is 0.463 e. The van der Waals surface area contributed by atoms with E-state index in [9.17, 15) is 19.8 Å². The van der Waals surface area contributed by atoms with Crippen LogP contribution in [0.15, 0.2) is 36.5 Å². The molecule has 0 aliphatic heterocycles. The third kappa shape index (κ3) is 36.9. The number of aliphatic hydroxyl groups excluding tert-OH is 2. The number of allylic oxidation sites excluding steroid dienone is 4. The van der Waals surface area contributed by atoms with Crippen LogP contribution in [0.2, 0.25) is 0 Å². The third-order valence-electron chi connectivity index (χ3n) is 8.65. The molecule has 2 atom stereocenters. The first-order valence-electron chi connectivity index (χ1n) is 20.0. The van der Waals surface area contributed by atoms with E-state index in [0.29, 0.717) is 19.3 Å². The number of carbonyl (C=O) groups excluding carboxylic acids is 2. The number of hydrogen-bond donors (Lipinski definition) is 2. The van der Waals surface area contributed by atoms with Gasteiger partial charge < -0.3 is 19.7 Å². The van der Waals surface area contributed by atoms with Crippen LogP contribution in [-0.2, 0) is 19.1 Å². The molecule has 0 radical (unpaired) electrons. The fraction of sp³-hybridized carbons (Fsp3) is 0.810. The van der Waals surface area contributed by atoms with Crippen molar-refractivity contribution in [3.63, 3.8) is 0 Å². The van der Waals surface area contributed by atoms with E-state index < -0.39 is 12.2 Å². The monoisotopic (exact) mass is 677 g/mol. The summed E-state index contributed by atoms with van der Waals surface area (Å²) in [5.41, 5.74) is 0. The Labute approximate surface area is 296 Å². The molecule has 0 aliphatic carbocycles. The second-order valence-electron chi connectivity index (χ2n) is 14.1. The van der Waals surface area contributed by atoms with Gasteiger partial charge in [-0.25, -0.2) is 0 Å². The molecule has 2 N–H and O–H groups in total. The number of rotatable bonds is 35. The normalized spacial score (nSPS) is 13.3. The van der Waals surface area contributed by atoms with Gasteiger partial charge in [-0.05, 0) is 44.4 Å². The molecule has 1 unspecified atom stereocenters. The molecule has 0 aromatic rings. The van der Waals surface area contributed by atoms with E-state index in [1.807, 2.05) is 24.3 Å². The fourth-order valence-corrected chi connectivity index (χ4v) is 5.60. The van der Waals surface area contributed by atoms with E-state index in [1.54, 1.807) is 0 Å². The van der Waals surface area contributed by atoms with Crippen LogP contribution in [0.4, 0.5) is 0 Å². The number of carbonyl (C=O) groups is 2. The Morgan fingerprint density at radius 3 is 1.46 bits per heavy atom. The minimum absolute atomic E-state index is 0.133. The predicted octanol–water partition coefficient (Wildman–Crippen LogP) is 11.3. The van der Waals surface area contributed by atoms with E-state index in [4.69, 9.17) is 9.47 Å². The number of unbranched alkanes of at least 4 members (excludes halogenated alkanes) is 19. The van der Waals surface area contributed by atoms with Crippen molar-refractivity contribution >= 4 is 11.9 Å². The molecule has 0 fully saturated rings. The summed E-state index contributed by atoms with van der Waals surface area (Å²) < 4.78 is 10.3. The third-order valence-corrected chi connectivity index (χ3v) is 8.65. The van der Waals surface area contributed by atoms with Crippen LogP contribution >= 0.6 is 0 Å². The second-order valence-corrected chi connectivity index (χ2v) is 14.1. The van der Waals surface area contributed by atoms with Crippen molar-refractivity contribution in [3.05, 3.63) is 36.5 Å². The predicted molar refractivity (Wildman–Crippen MR) is 202 cm³/mol. The molecular formula is C42H76O6. The van der Waals surface area contributed by atoms with Crippen LogP contribution < -0.4 is 0 Å². The van der Waals surface area contributed by atoms with Gasteiger partial charge in [0.15, 0.2) is 0 Å². The molecule has 0 aromatic heterocycles. The number of ether oxygens (including phenoxy) is 2.